The molecule has 2 aromatic carbocycles. The number of halogens is 1. The van der Waals surface area contributed by atoms with Gasteiger partial charge in [-0.05, 0) is 45.6 Å². The van der Waals surface area contributed by atoms with Crippen LogP contribution in [0.2, 0.25) is 0 Å². The minimum atomic E-state index is -0.228. The third kappa shape index (κ3) is 4.45. The fourth-order valence-electron chi connectivity index (χ4n) is 2.48. The lowest BCUT2D eigenvalue weighted by Crippen LogP contribution is -2.37. The topological polar surface area (TPSA) is 49.4 Å². The highest BCUT2D eigenvalue weighted by Crippen LogP contribution is 2.27. The van der Waals surface area contributed by atoms with Crippen molar-refractivity contribution in [1.29, 1.82) is 0 Å². The summed E-state index contributed by atoms with van der Waals surface area (Å²) < 4.78 is 0.774. The molecule has 1 N–H and O–H groups in total. The average Bonchev–Trinajstić information content (AvgIpc) is 2.53. The third-order valence-electron chi connectivity index (χ3n) is 3.68. The van der Waals surface area contributed by atoms with Crippen molar-refractivity contribution < 1.29 is 9.59 Å². The molecule has 126 valence electrons. The molecule has 0 unspecified atom stereocenters. The number of anilines is 2. The fourth-order valence-corrected chi connectivity index (χ4v) is 2.98. The predicted molar refractivity (Wildman–Crippen MR) is 101 cm³/mol. The Kier molecular flexibility index (Phi) is 6.15. The van der Waals surface area contributed by atoms with E-state index in [4.69, 9.17) is 0 Å². The zero-order chi connectivity index (χ0) is 17.7. The quantitative estimate of drug-likeness (QED) is 0.815. The number of carbonyl (C=O) groups excluding carboxylic acids is 2. The summed E-state index contributed by atoms with van der Waals surface area (Å²) in [5.41, 5.74) is 2.53. The van der Waals surface area contributed by atoms with Gasteiger partial charge in [-0.15, -0.1) is 0 Å². The molecule has 0 saturated heterocycles. The van der Waals surface area contributed by atoms with Crippen LogP contribution in [0, 0.1) is 0 Å². The SMILES string of the molecule is CC(=O)N(CC(=O)Nc1ccccc1C(C)C)c1ccccc1Br. The van der Waals surface area contributed by atoms with Gasteiger partial charge in [0.15, 0.2) is 0 Å². The highest BCUT2D eigenvalue weighted by molar-refractivity contribution is 9.10. The molecule has 0 radical (unpaired) electrons. The lowest BCUT2D eigenvalue weighted by atomic mass is 10.0. The minimum absolute atomic E-state index is 0.0373. The molecule has 0 saturated carbocycles. The van der Waals surface area contributed by atoms with Crippen LogP contribution in [0.25, 0.3) is 0 Å². The van der Waals surface area contributed by atoms with E-state index in [1.165, 1.54) is 11.8 Å². The first-order valence-corrected chi connectivity index (χ1v) is 8.61. The van der Waals surface area contributed by atoms with Crippen molar-refractivity contribution in [3.63, 3.8) is 0 Å². The Morgan fingerprint density at radius 3 is 2.33 bits per heavy atom. The number of nitrogens with one attached hydrogen (secondary N) is 1. The van der Waals surface area contributed by atoms with Gasteiger partial charge in [-0.1, -0.05) is 44.2 Å². The Morgan fingerprint density at radius 2 is 1.71 bits per heavy atom. The van der Waals surface area contributed by atoms with Crippen molar-refractivity contribution in [2.45, 2.75) is 26.7 Å². The second-order valence-electron chi connectivity index (χ2n) is 5.85. The number of amides is 2. The van der Waals surface area contributed by atoms with Gasteiger partial charge in [0.1, 0.15) is 6.54 Å². The van der Waals surface area contributed by atoms with Gasteiger partial charge in [-0.3, -0.25) is 9.59 Å². The number of carbonyl (C=O) groups is 2. The highest BCUT2D eigenvalue weighted by Gasteiger charge is 2.18. The molecule has 2 rings (SSSR count). The number of hydrogen-bond acceptors (Lipinski definition) is 2. The lowest BCUT2D eigenvalue weighted by Gasteiger charge is -2.22. The molecule has 2 amide bonds. The minimum Gasteiger partial charge on any atom is -0.324 e. The molecular weight excluding hydrogens is 368 g/mol. The highest BCUT2D eigenvalue weighted by atomic mass is 79.9. The van der Waals surface area contributed by atoms with E-state index in [0.717, 1.165) is 15.7 Å². The molecule has 0 aliphatic carbocycles. The zero-order valence-electron chi connectivity index (χ0n) is 14.0. The van der Waals surface area contributed by atoms with Gasteiger partial charge in [-0.25, -0.2) is 0 Å². The molecule has 0 atom stereocenters. The summed E-state index contributed by atoms with van der Waals surface area (Å²) in [6.07, 6.45) is 0. The molecule has 0 fully saturated rings. The normalized spacial score (nSPS) is 10.5. The largest absolute Gasteiger partial charge is 0.324 e. The van der Waals surface area contributed by atoms with E-state index in [-0.39, 0.29) is 18.4 Å². The molecular formula is C19H21BrN2O2. The summed E-state index contributed by atoms with van der Waals surface area (Å²) in [6, 6.07) is 15.1. The maximum Gasteiger partial charge on any atom is 0.244 e. The number of benzene rings is 2. The van der Waals surface area contributed by atoms with Gasteiger partial charge < -0.3 is 10.2 Å². The first-order chi connectivity index (χ1) is 11.4. The second-order valence-corrected chi connectivity index (χ2v) is 6.70. The van der Waals surface area contributed by atoms with Crippen LogP contribution in [0.15, 0.2) is 53.0 Å². The van der Waals surface area contributed by atoms with Crippen LogP contribution >= 0.6 is 15.9 Å². The van der Waals surface area contributed by atoms with Crippen molar-refractivity contribution >= 4 is 39.1 Å². The summed E-state index contributed by atoms with van der Waals surface area (Å²) in [5, 5.41) is 2.92. The Hall–Kier alpha value is -2.14. The van der Waals surface area contributed by atoms with E-state index in [9.17, 15) is 9.59 Å². The van der Waals surface area contributed by atoms with Gasteiger partial charge in [0.25, 0.3) is 0 Å². The summed E-state index contributed by atoms with van der Waals surface area (Å²) >= 11 is 3.43. The van der Waals surface area contributed by atoms with Crippen molar-refractivity contribution in [2.75, 3.05) is 16.8 Å². The lowest BCUT2D eigenvalue weighted by molar-refractivity contribution is -0.120. The van der Waals surface area contributed by atoms with Gasteiger partial charge in [0.2, 0.25) is 11.8 Å². The Labute approximate surface area is 151 Å². The smallest absolute Gasteiger partial charge is 0.244 e. The van der Waals surface area contributed by atoms with Crippen LogP contribution in [-0.4, -0.2) is 18.4 Å². The summed E-state index contributed by atoms with van der Waals surface area (Å²) in [6.45, 7) is 5.57. The molecule has 5 heteroatoms. The maximum atomic E-state index is 12.5. The third-order valence-corrected chi connectivity index (χ3v) is 4.35. The first kappa shape index (κ1) is 18.2. The maximum absolute atomic E-state index is 12.5. The van der Waals surface area contributed by atoms with Crippen molar-refractivity contribution in [2.24, 2.45) is 0 Å². The molecule has 0 aliphatic rings. The van der Waals surface area contributed by atoms with Crippen molar-refractivity contribution in [3.8, 4) is 0 Å². The van der Waals surface area contributed by atoms with Crippen LogP contribution in [-0.2, 0) is 9.59 Å². The molecule has 4 nitrogen and oxygen atoms in total. The number of rotatable bonds is 5. The van der Waals surface area contributed by atoms with Crippen LogP contribution < -0.4 is 10.2 Å². The van der Waals surface area contributed by atoms with Gasteiger partial charge >= 0.3 is 0 Å². The van der Waals surface area contributed by atoms with E-state index in [2.05, 4.69) is 35.1 Å². The van der Waals surface area contributed by atoms with Crippen molar-refractivity contribution in [3.05, 3.63) is 58.6 Å². The van der Waals surface area contributed by atoms with Crippen LogP contribution in [0.5, 0.6) is 0 Å². The van der Waals surface area contributed by atoms with Crippen LogP contribution in [0.3, 0.4) is 0 Å². The van der Waals surface area contributed by atoms with E-state index >= 15 is 0 Å². The average molecular weight is 389 g/mol. The summed E-state index contributed by atoms with van der Waals surface area (Å²) in [4.78, 5) is 25.9. The van der Waals surface area contributed by atoms with Crippen LogP contribution in [0.1, 0.15) is 32.3 Å². The van der Waals surface area contributed by atoms with Crippen LogP contribution in [0.4, 0.5) is 11.4 Å². The van der Waals surface area contributed by atoms with Crippen molar-refractivity contribution in [1.82, 2.24) is 0 Å². The van der Waals surface area contributed by atoms with E-state index in [1.54, 1.807) is 6.07 Å². The zero-order valence-corrected chi connectivity index (χ0v) is 15.6. The monoisotopic (exact) mass is 388 g/mol. The van der Waals surface area contributed by atoms with E-state index < -0.39 is 0 Å². The fraction of sp³-hybridized carbons (Fsp3) is 0.263. The van der Waals surface area contributed by atoms with Gasteiger partial charge in [0.05, 0.1) is 5.69 Å². The predicted octanol–water partition coefficient (Wildman–Crippen LogP) is 4.56. The molecule has 0 heterocycles. The number of hydrogen-bond donors (Lipinski definition) is 1. The molecule has 0 bridgehead atoms. The summed E-state index contributed by atoms with van der Waals surface area (Å²) in [7, 11) is 0. The Bertz CT molecular complexity index is 744. The van der Waals surface area contributed by atoms with E-state index in [1.807, 2.05) is 42.5 Å². The number of para-hydroxylation sites is 2. The Balaban J connectivity index is 2.18. The van der Waals surface area contributed by atoms with Gasteiger partial charge in [-0.2, -0.15) is 0 Å². The molecule has 2 aromatic rings. The van der Waals surface area contributed by atoms with E-state index in [0.29, 0.717) is 11.6 Å². The second kappa shape index (κ2) is 8.11. The first-order valence-electron chi connectivity index (χ1n) is 7.81. The standard InChI is InChI=1S/C19H21BrN2O2/c1-13(2)15-8-4-6-10-17(15)21-19(24)12-22(14(3)23)18-11-7-5-9-16(18)20/h4-11,13H,12H2,1-3H3,(H,21,24). The molecule has 24 heavy (non-hydrogen) atoms. The summed E-state index contributed by atoms with van der Waals surface area (Å²) in [5.74, 6) is -0.114. The Morgan fingerprint density at radius 1 is 1.08 bits per heavy atom. The molecule has 0 aromatic heterocycles. The number of nitrogens with zero attached hydrogens (tertiary/aromatic N) is 1. The van der Waals surface area contributed by atoms with Gasteiger partial charge in [0, 0.05) is 17.1 Å². The molecule has 0 spiro atoms. The molecule has 0 aliphatic heterocycles.